The zero-order valence-electron chi connectivity index (χ0n) is 10.8. The van der Waals surface area contributed by atoms with Gasteiger partial charge in [0.25, 0.3) is 5.22 Å². The van der Waals surface area contributed by atoms with Crippen molar-refractivity contribution in [3.63, 3.8) is 0 Å². The molecule has 0 bridgehead atoms. The molecule has 1 heterocycles. The second kappa shape index (κ2) is 6.37. The van der Waals surface area contributed by atoms with Crippen molar-refractivity contribution in [3.8, 4) is 0 Å². The molecule has 1 unspecified atom stereocenters. The summed E-state index contributed by atoms with van der Waals surface area (Å²) in [5.41, 5.74) is 5.88. The molecule has 5 nitrogen and oxygen atoms in total. The molecule has 0 aliphatic heterocycles. The number of hydrogen-bond donors (Lipinski definition) is 2. The molecule has 3 N–H and O–H groups in total. The van der Waals surface area contributed by atoms with Crippen molar-refractivity contribution in [1.29, 1.82) is 0 Å². The van der Waals surface area contributed by atoms with Crippen LogP contribution in [0.3, 0.4) is 0 Å². The lowest BCUT2D eigenvalue weighted by molar-refractivity contribution is 0.102. The number of thioether (sulfide) groups is 1. The predicted molar refractivity (Wildman–Crippen MR) is 67.7 cm³/mol. The molecule has 0 aliphatic rings. The van der Waals surface area contributed by atoms with Gasteiger partial charge in [-0.15, -0.1) is 10.2 Å². The van der Waals surface area contributed by atoms with E-state index in [4.69, 9.17) is 10.2 Å². The highest BCUT2D eigenvalue weighted by atomic mass is 32.2. The van der Waals surface area contributed by atoms with Crippen LogP contribution in [0.5, 0.6) is 0 Å². The Morgan fingerprint density at radius 3 is 2.47 bits per heavy atom. The Morgan fingerprint density at radius 1 is 1.29 bits per heavy atom. The zero-order valence-corrected chi connectivity index (χ0v) is 11.6. The van der Waals surface area contributed by atoms with E-state index in [2.05, 4.69) is 24.0 Å². The van der Waals surface area contributed by atoms with E-state index < -0.39 is 6.10 Å². The van der Waals surface area contributed by atoms with Crippen molar-refractivity contribution < 1.29 is 9.52 Å². The minimum absolute atomic E-state index is 0.210. The number of aliphatic hydroxyl groups is 1. The molecule has 0 aromatic carbocycles. The lowest BCUT2D eigenvalue weighted by Gasteiger charge is -2.17. The topological polar surface area (TPSA) is 85.2 Å². The van der Waals surface area contributed by atoms with Gasteiger partial charge in [-0.25, -0.2) is 0 Å². The molecule has 17 heavy (non-hydrogen) atoms. The van der Waals surface area contributed by atoms with E-state index in [0.717, 1.165) is 6.42 Å². The summed E-state index contributed by atoms with van der Waals surface area (Å²) in [6.45, 7) is 8.19. The number of hydrogen-bond acceptors (Lipinski definition) is 6. The van der Waals surface area contributed by atoms with Crippen molar-refractivity contribution in [3.05, 3.63) is 5.89 Å². The Kier molecular flexibility index (Phi) is 5.42. The first-order valence-electron chi connectivity index (χ1n) is 5.83. The van der Waals surface area contributed by atoms with Crippen LogP contribution < -0.4 is 5.73 Å². The van der Waals surface area contributed by atoms with Crippen LogP contribution in [-0.2, 0) is 0 Å². The van der Waals surface area contributed by atoms with Gasteiger partial charge in [0.2, 0.25) is 5.89 Å². The van der Waals surface area contributed by atoms with Gasteiger partial charge in [-0.2, -0.15) is 0 Å². The number of nitrogens with zero attached hydrogens (tertiary/aromatic N) is 2. The number of rotatable bonds is 6. The molecule has 1 aromatic rings. The first-order valence-corrected chi connectivity index (χ1v) is 6.71. The molecule has 0 radical (unpaired) electrons. The van der Waals surface area contributed by atoms with Crippen LogP contribution in [0.2, 0.25) is 0 Å². The lowest BCUT2D eigenvalue weighted by atomic mass is 10.0. The number of nitrogens with two attached hydrogens (primary N) is 1. The summed E-state index contributed by atoms with van der Waals surface area (Å²) >= 11 is 1.47. The minimum atomic E-state index is -0.883. The molecule has 0 spiro atoms. The first-order chi connectivity index (χ1) is 7.90. The standard InChI is InChI=1S/C11H21N3O2S/c1-6(2)5-8(12)9(15)10-13-14-11(16-10)17-7(3)4/h6-9,15H,5,12H2,1-4H3/t8-,9?/m0/s1. The summed E-state index contributed by atoms with van der Waals surface area (Å²) in [7, 11) is 0. The summed E-state index contributed by atoms with van der Waals surface area (Å²) in [5.74, 6) is 0.633. The summed E-state index contributed by atoms with van der Waals surface area (Å²) in [6.07, 6.45) is -0.164. The van der Waals surface area contributed by atoms with Gasteiger partial charge < -0.3 is 15.3 Å². The quantitative estimate of drug-likeness (QED) is 0.760. The third-order valence-corrected chi connectivity index (χ3v) is 3.00. The average Bonchev–Trinajstić information content (AvgIpc) is 2.62. The Morgan fingerprint density at radius 2 is 1.94 bits per heavy atom. The van der Waals surface area contributed by atoms with E-state index in [-0.39, 0.29) is 11.9 Å². The Bertz CT molecular complexity index is 341. The number of aromatic nitrogens is 2. The maximum absolute atomic E-state index is 9.95. The predicted octanol–water partition coefficient (Wildman–Crippen LogP) is 1.98. The van der Waals surface area contributed by atoms with Crippen molar-refractivity contribution in [1.82, 2.24) is 10.2 Å². The molecular formula is C11H21N3O2S. The molecule has 2 atom stereocenters. The van der Waals surface area contributed by atoms with Gasteiger partial charge >= 0.3 is 0 Å². The van der Waals surface area contributed by atoms with E-state index >= 15 is 0 Å². The van der Waals surface area contributed by atoms with E-state index in [1.54, 1.807) is 0 Å². The summed E-state index contributed by atoms with van der Waals surface area (Å²) in [4.78, 5) is 0. The Hall–Kier alpha value is -0.590. The fraction of sp³-hybridized carbons (Fsp3) is 0.818. The van der Waals surface area contributed by atoms with E-state index in [1.807, 2.05) is 13.8 Å². The highest BCUT2D eigenvalue weighted by molar-refractivity contribution is 7.99. The average molecular weight is 259 g/mol. The van der Waals surface area contributed by atoms with Crippen LogP contribution in [0.1, 0.15) is 46.1 Å². The summed E-state index contributed by atoms with van der Waals surface area (Å²) < 4.78 is 5.37. The largest absolute Gasteiger partial charge is 0.413 e. The van der Waals surface area contributed by atoms with E-state index in [1.165, 1.54) is 11.8 Å². The van der Waals surface area contributed by atoms with Gasteiger partial charge in [0.1, 0.15) is 6.10 Å². The second-order valence-corrected chi connectivity index (χ2v) is 6.34. The fourth-order valence-electron chi connectivity index (χ4n) is 1.45. The summed E-state index contributed by atoms with van der Waals surface area (Å²) in [5, 5.41) is 18.5. The summed E-state index contributed by atoms with van der Waals surface area (Å²) in [6, 6.07) is -0.368. The van der Waals surface area contributed by atoms with E-state index in [0.29, 0.717) is 16.4 Å². The molecule has 1 aromatic heterocycles. The number of aliphatic hydroxyl groups excluding tert-OH is 1. The van der Waals surface area contributed by atoms with Crippen LogP contribution in [0.25, 0.3) is 0 Å². The third-order valence-electron chi connectivity index (χ3n) is 2.16. The van der Waals surface area contributed by atoms with Crippen LogP contribution in [0, 0.1) is 5.92 Å². The van der Waals surface area contributed by atoms with Gasteiger partial charge in [0, 0.05) is 11.3 Å². The molecule has 6 heteroatoms. The Labute approximate surface area is 106 Å². The van der Waals surface area contributed by atoms with Crippen molar-refractivity contribution in [2.24, 2.45) is 11.7 Å². The van der Waals surface area contributed by atoms with Crippen LogP contribution in [0.4, 0.5) is 0 Å². The molecule has 0 saturated carbocycles. The monoisotopic (exact) mass is 259 g/mol. The van der Waals surface area contributed by atoms with Gasteiger partial charge in [-0.05, 0) is 12.3 Å². The van der Waals surface area contributed by atoms with Crippen molar-refractivity contribution in [2.45, 2.75) is 56.7 Å². The van der Waals surface area contributed by atoms with Gasteiger partial charge in [0.05, 0.1) is 0 Å². The minimum Gasteiger partial charge on any atom is -0.413 e. The molecule has 0 amide bonds. The Balaban J connectivity index is 2.62. The van der Waals surface area contributed by atoms with Crippen LogP contribution in [0.15, 0.2) is 9.64 Å². The highest BCUT2D eigenvalue weighted by Gasteiger charge is 2.23. The molecule has 0 aliphatic carbocycles. The normalized spacial score (nSPS) is 15.5. The highest BCUT2D eigenvalue weighted by Crippen LogP contribution is 2.25. The molecular weight excluding hydrogens is 238 g/mol. The second-order valence-electron chi connectivity index (χ2n) is 4.81. The SMILES string of the molecule is CC(C)C[C@H](N)C(O)c1nnc(SC(C)C)o1. The van der Waals surface area contributed by atoms with Gasteiger partial charge in [-0.1, -0.05) is 39.5 Å². The first kappa shape index (κ1) is 14.5. The molecule has 98 valence electrons. The lowest BCUT2D eigenvalue weighted by Crippen LogP contribution is -2.30. The maximum atomic E-state index is 9.95. The zero-order chi connectivity index (χ0) is 13.0. The maximum Gasteiger partial charge on any atom is 0.276 e. The molecule has 1 rings (SSSR count). The van der Waals surface area contributed by atoms with Crippen molar-refractivity contribution >= 4 is 11.8 Å². The fourth-order valence-corrected chi connectivity index (χ4v) is 2.07. The van der Waals surface area contributed by atoms with Crippen LogP contribution in [-0.4, -0.2) is 26.6 Å². The van der Waals surface area contributed by atoms with Crippen molar-refractivity contribution in [2.75, 3.05) is 0 Å². The van der Waals surface area contributed by atoms with Crippen LogP contribution >= 0.6 is 11.8 Å². The third kappa shape index (κ3) is 4.65. The van der Waals surface area contributed by atoms with Gasteiger partial charge in [-0.3, -0.25) is 0 Å². The van der Waals surface area contributed by atoms with E-state index in [9.17, 15) is 5.11 Å². The smallest absolute Gasteiger partial charge is 0.276 e. The molecule has 0 fully saturated rings. The molecule has 0 saturated heterocycles. The van der Waals surface area contributed by atoms with Gasteiger partial charge in [0.15, 0.2) is 0 Å².